The van der Waals surface area contributed by atoms with Gasteiger partial charge in [0.2, 0.25) is 0 Å². The molecule has 4 heteroatoms. The maximum Gasteiger partial charge on any atom is 0.266 e. The molecule has 0 radical (unpaired) electrons. The summed E-state index contributed by atoms with van der Waals surface area (Å²) < 4.78 is 0. The van der Waals surface area contributed by atoms with Gasteiger partial charge in [0.15, 0.2) is 5.78 Å². The summed E-state index contributed by atoms with van der Waals surface area (Å²) in [6.45, 7) is 0. The van der Waals surface area contributed by atoms with E-state index in [-0.39, 0.29) is 11.3 Å². The number of carbonyl (C=O) groups is 1. The van der Waals surface area contributed by atoms with Crippen LogP contribution in [0.5, 0.6) is 0 Å². The van der Waals surface area contributed by atoms with Gasteiger partial charge in [0.05, 0.1) is 17.2 Å². The molecule has 92 valence electrons. The molecule has 0 spiro atoms. The molecule has 0 aliphatic carbocycles. The van der Waals surface area contributed by atoms with Gasteiger partial charge in [-0.3, -0.25) is 9.59 Å². The van der Waals surface area contributed by atoms with E-state index in [1.54, 1.807) is 30.3 Å². The van der Waals surface area contributed by atoms with Crippen LogP contribution in [0.25, 0.3) is 11.0 Å². The fourth-order valence-electron chi connectivity index (χ4n) is 1.93. The lowest BCUT2D eigenvalue weighted by Crippen LogP contribution is -2.06. The molecular formula is C15H10N2O2. The number of nitrogens with zero attached hydrogens (tertiary/aromatic N) is 1. The predicted octanol–water partition coefficient (Wildman–Crippen LogP) is 2.15. The Morgan fingerprint density at radius 3 is 2.58 bits per heavy atom. The molecule has 1 heterocycles. The Morgan fingerprint density at radius 1 is 1.00 bits per heavy atom. The quantitative estimate of drug-likeness (QED) is 0.709. The summed E-state index contributed by atoms with van der Waals surface area (Å²) in [5.74, 6) is -0.0597. The van der Waals surface area contributed by atoms with Crippen molar-refractivity contribution < 1.29 is 4.79 Å². The normalized spacial score (nSPS) is 10.5. The molecule has 0 fully saturated rings. The zero-order valence-corrected chi connectivity index (χ0v) is 9.96. The Morgan fingerprint density at radius 2 is 1.79 bits per heavy atom. The molecule has 3 rings (SSSR count). The molecule has 19 heavy (non-hydrogen) atoms. The number of H-pyrrole nitrogens is 1. The number of carbonyl (C=O) groups excluding carboxylic acids is 1. The largest absolute Gasteiger partial charge is 0.319 e. The third-order valence-corrected chi connectivity index (χ3v) is 2.87. The molecule has 0 aliphatic rings. The van der Waals surface area contributed by atoms with Gasteiger partial charge in [-0.2, -0.15) is 0 Å². The van der Waals surface area contributed by atoms with Crippen molar-refractivity contribution in [3.05, 3.63) is 76.2 Å². The van der Waals surface area contributed by atoms with E-state index in [4.69, 9.17) is 0 Å². The highest BCUT2D eigenvalue weighted by Crippen LogP contribution is 2.14. The lowest BCUT2D eigenvalue weighted by molar-refractivity contribution is 0.103. The van der Waals surface area contributed by atoms with E-state index in [0.29, 0.717) is 22.2 Å². The minimum Gasteiger partial charge on any atom is -0.319 e. The number of nitrogens with one attached hydrogen (secondary N) is 1. The predicted molar refractivity (Wildman–Crippen MR) is 72.2 cm³/mol. The van der Waals surface area contributed by atoms with Gasteiger partial charge in [0.1, 0.15) is 0 Å². The number of benzene rings is 2. The number of hydrogen-bond acceptors (Lipinski definition) is 3. The summed E-state index contributed by atoms with van der Waals surface area (Å²) in [5.41, 5.74) is 2.15. The van der Waals surface area contributed by atoms with Crippen LogP contribution in [0, 0.1) is 0 Å². The highest BCUT2D eigenvalue weighted by Gasteiger charge is 2.09. The number of ketones is 1. The van der Waals surface area contributed by atoms with Crippen LogP contribution in [0.15, 0.2) is 59.5 Å². The summed E-state index contributed by atoms with van der Waals surface area (Å²) in [6, 6.07) is 14.1. The van der Waals surface area contributed by atoms with E-state index in [1.165, 1.54) is 6.20 Å². The van der Waals surface area contributed by atoms with E-state index >= 15 is 0 Å². The van der Waals surface area contributed by atoms with Crippen LogP contribution in [-0.4, -0.2) is 15.8 Å². The Kier molecular flexibility index (Phi) is 2.68. The van der Waals surface area contributed by atoms with Crippen molar-refractivity contribution in [1.29, 1.82) is 0 Å². The van der Waals surface area contributed by atoms with Crippen molar-refractivity contribution >= 4 is 16.8 Å². The first-order valence-corrected chi connectivity index (χ1v) is 5.83. The van der Waals surface area contributed by atoms with E-state index in [2.05, 4.69) is 9.97 Å². The summed E-state index contributed by atoms with van der Waals surface area (Å²) >= 11 is 0. The van der Waals surface area contributed by atoms with Crippen molar-refractivity contribution in [1.82, 2.24) is 9.97 Å². The zero-order chi connectivity index (χ0) is 13.2. The average molecular weight is 250 g/mol. The van der Waals surface area contributed by atoms with Crippen LogP contribution in [0.4, 0.5) is 0 Å². The van der Waals surface area contributed by atoms with Crippen molar-refractivity contribution in [2.75, 3.05) is 0 Å². The maximum atomic E-state index is 12.3. The van der Waals surface area contributed by atoms with Crippen LogP contribution in [0.2, 0.25) is 0 Å². The summed E-state index contributed by atoms with van der Waals surface area (Å²) in [4.78, 5) is 30.1. The molecule has 0 bridgehead atoms. The molecule has 2 aromatic carbocycles. The number of aromatic nitrogens is 2. The summed E-state index contributed by atoms with van der Waals surface area (Å²) in [6.07, 6.45) is 1.21. The van der Waals surface area contributed by atoms with E-state index in [9.17, 15) is 9.59 Å². The first-order chi connectivity index (χ1) is 9.24. The third kappa shape index (κ3) is 2.15. The second-order valence-electron chi connectivity index (χ2n) is 4.17. The standard InChI is InChI=1S/C15H10N2O2/c18-14-9-16-13-8-11(6-7-12(13)17-14)15(19)10-4-2-1-3-5-10/h1-9H,(H,17,18). The SMILES string of the molecule is O=C(c1ccccc1)c1ccc2[nH]c(=O)cnc2c1. The smallest absolute Gasteiger partial charge is 0.266 e. The summed E-state index contributed by atoms with van der Waals surface area (Å²) in [5, 5.41) is 0. The van der Waals surface area contributed by atoms with Crippen molar-refractivity contribution in [2.24, 2.45) is 0 Å². The lowest BCUT2D eigenvalue weighted by Gasteiger charge is -2.02. The van der Waals surface area contributed by atoms with Crippen LogP contribution < -0.4 is 5.56 Å². The van der Waals surface area contributed by atoms with Gasteiger partial charge in [-0.25, -0.2) is 4.98 Å². The van der Waals surface area contributed by atoms with Gasteiger partial charge >= 0.3 is 0 Å². The van der Waals surface area contributed by atoms with Crippen LogP contribution in [0.1, 0.15) is 15.9 Å². The van der Waals surface area contributed by atoms with E-state index < -0.39 is 0 Å². The second-order valence-corrected chi connectivity index (χ2v) is 4.17. The second kappa shape index (κ2) is 4.49. The first-order valence-electron chi connectivity index (χ1n) is 5.83. The monoisotopic (exact) mass is 250 g/mol. The molecule has 0 saturated carbocycles. The number of hydrogen-bond donors (Lipinski definition) is 1. The van der Waals surface area contributed by atoms with Crippen LogP contribution in [-0.2, 0) is 0 Å². The lowest BCUT2D eigenvalue weighted by atomic mass is 10.0. The first kappa shape index (κ1) is 11.3. The Balaban J connectivity index is 2.09. The Bertz CT molecular complexity index is 807. The van der Waals surface area contributed by atoms with Crippen LogP contribution in [0.3, 0.4) is 0 Å². The van der Waals surface area contributed by atoms with E-state index in [0.717, 1.165) is 0 Å². The third-order valence-electron chi connectivity index (χ3n) is 2.87. The molecule has 0 saturated heterocycles. The molecule has 0 aliphatic heterocycles. The molecule has 4 nitrogen and oxygen atoms in total. The van der Waals surface area contributed by atoms with Crippen molar-refractivity contribution in [3.8, 4) is 0 Å². The molecule has 0 atom stereocenters. The molecule has 0 unspecified atom stereocenters. The minimum absolute atomic E-state index is 0.0597. The van der Waals surface area contributed by atoms with Crippen molar-refractivity contribution in [2.45, 2.75) is 0 Å². The van der Waals surface area contributed by atoms with Gasteiger partial charge in [-0.15, -0.1) is 0 Å². The van der Waals surface area contributed by atoms with Crippen LogP contribution >= 0.6 is 0 Å². The van der Waals surface area contributed by atoms with Gasteiger partial charge in [-0.1, -0.05) is 30.3 Å². The highest BCUT2D eigenvalue weighted by molar-refractivity contribution is 6.10. The molecule has 1 aromatic heterocycles. The molecular weight excluding hydrogens is 240 g/mol. The van der Waals surface area contributed by atoms with Gasteiger partial charge in [-0.05, 0) is 18.2 Å². The molecule has 3 aromatic rings. The van der Waals surface area contributed by atoms with Gasteiger partial charge in [0.25, 0.3) is 5.56 Å². The fourth-order valence-corrected chi connectivity index (χ4v) is 1.93. The molecule has 1 N–H and O–H groups in total. The maximum absolute atomic E-state index is 12.3. The van der Waals surface area contributed by atoms with Crippen molar-refractivity contribution in [3.63, 3.8) is 0 Å². The zero-order valence-electron chi connectivity index (χ0n) is 9.96. The highest BCUT2D eigenvalue weighted by atomic mass is 16.1. The Hall–Kier alpha value is -2.75. The Labute approximate surface area is 108 Å². The fraction of sp³-hybridized carbons (Fsp3) is 0. The topological polar surface area (TPSA) is 62.8 Å². The number of aromatic amines is 1. The minimum atomic E-state index is -0.255. The average Bonchev–Trinajstić information content (AvgIpc) is 2.47. The number of rotatable bonds is 2. The summed E-state index contributed by atoms with van der Waals surface area (Å²) in [7, 11) is 0. The van der Waals surface area contributed by atoms with Gasteiger partial charge in [0, 0.05) is 11.1 Å². The number of fused-ring (bicyclic) bond motifs is 1. The van der Waals surface area contributed by atoms with E-state index in [1.807, 2.05) is 18.2 Å². The molecule has 0 amide bonds. The van der Waals surface area contributed by atoms with Gasteiger partial charge < -0.3 is 4.98 Å².